The van der Waals surface area contributed by atoms with Crippen LogP contribution in [0.5, 0.6) is 0 Å². The van der Waals surface area contributed by atoms with Gasteiger partial charge in [-0.3, -0.25) is 0 Å². The zero-order valence-corrected chi connectivity index (χ0v) is 25.8. The molecule has 0 aromatic rings. The molecule has 0 fully saturated rings. The number of rotatable bonds is 23. The Morgan fingerprint density at radius 2 is 0.889 bits per heavy atom. The molecule has 0 aromatic carbocycles. The van der Waals surface area contributed by atoms with Crippen molar-refractivity contribution in [3.05, 3.63) is 0 Å². The fourth-order valence-corrected chi connectivity index (χ4v) is 4.85. The van der Waals surface area contributed by atoms with E-state index in [0.717, 1.165) is 6.54 Å². The maximum Gasteiger partial charge on any atom is 0.105 e. The molecule has 0 rings (SSSR count). The summed E-state index contributed by atoms with van der Waals surface area (Å²) in [4.78, 5) is 9.91. The Morgan fingerprint density at radius 1 is 0.639 bits per heavy atom. The molecular formula is C32H67NO3. The number of aliphatic hydroxyl groups is 1. The molecule has 1 N–H and O–H groups in total. The molecule has 0 saturated heterocycles. The van der Waals surface area contributed by atoms with Crippen molar-refractivity contribution >= 4 is 5.97 Å². The lowest BCUT2D eigenvalue weighted by Crippen LogP contribution is -2.53. The summed E-state index contributed by atoms with van der Waals surface area (Å²) in [5.41, 5.74) is -0.694. The number of carbonyl (C=O) groups is 1. The second-order valence-corrected chi connectivity index (χ2v) is 12.4. The molecule has 0 radical (unpaired) electrons. The van der Waals surface area contributed by atoms with Crippen molar-refractivity contribution in [2.45, 2.75) is 170 Å². The van der Waals surface area contributed by atoms with Gasteiger partial charge in [0.25, 0.3) is 0 Å². The number of carbonyl (C=O) groups excluding carboxylic acids is 1. The summed E-state index contributed by atoms with van der Waals surface area (Å²) in [5.74, 6) is -1.01. The first-order valence-electron chi connectivity index (χ1n) is 15.8. The molecule has 0 bridgehead atoms. The van der Waals surface area contributed by atoms with E-state index in [0.29, 0.717) is 0 Å². The van der Waals surface area contributed by atoms with Gasteiger partial charge in [0.2, 0.25) is 0 Å². The summed E-state index contributed by atoms with van der Waals surface area (Å²) in [7, 11) is 0. The fourth-order valence-electron chi connectivity index (χ4n) is 4.85. The minimum atomic E-state index is -1.01. The van der Waals surface area contributed by atoms with Gasteiger partial charge in [0.1, 0.15) is 12.6 Å². The van der Waals surface area contributed by atoms with Gasteiger partial charge in [-0.1, -0.05) is 119 Å². The van der Waals surface area contributed by atoms with E-state index in [9.17, 15) is 15.0 Å². The minimum absolute atomic E-state index is 0.171. The summed E-state index contributed by atoms with van der Waals surface area (Å²) < 4.78 is 1.19. The fraction of sp³-hybridized carbons (Fsp3) is 0.969. The summed E-state index contributed by atoms with van der Waals surface area (Å²) in [6.07, 6.45) is 24.6. The van der Waals surface area contributed by atoms with E-state index in [1.165, 1.54) is 140 Å². The topological polar surface area (TPSA) is 60.4 Å². The summed E-state index contributed by atoms with van der Waals surface area (Å²) in [5, 5.41) is 20.2. The number of carboxylic acids is 1. The van der Waals surface area contributed by atoms with E-state index < -0.39 is 11.4 Å². The first-order chi connectivity index (χ1) is 17.0. The Labute approximate surface area is 227 Å². The number of hydrogen-bond acceptors (Lipinski definition) is 3. The molecule has 218 valence electrons. The van der Waals surface area contributed by atoms with Crippen molar-refractivity contribution in [3.63, 3.8) is 0 Å². The SMILES string of the molecule is CC(C)(C)C(=O)[O-].CCCCCCCC[N+](CCCCCCCC)(CCCCCCCC)CC(C)O. The van der Waals surface area contributed by atoms with Crippen LogP contribution in [-0.4, -0.2) is 47.8 Å². The lowest BCUT2D eigenvalue weighted by molar-refractivity contribution is -0.931. The third-order valence-electron chi connectivity index (χ3n) is 7.22. The molecule has 4 heteroatoms. The van der Waals surface area contributed by atoms with Crippen LogP contribution in [0.25, 0.3) is 0 Å². The van der Waals surface area contributed by atoms with Crippen molar-refractivity contribution in [1.82, 2.24) is 0 Å². The number of unbranched alkanes of at least 4 members (excludes halogenated alkanes) is 15. The van der Waals surface area contributed by atoms with E-state index >= 15 is 0 Å². The lowest BCUT2D eigenvalue weighted by atomic mass is 9.98. The Bertz CT molecular complexity index is 430. The van der Waals surface area contributed by atoms with Gasteiger partial charge in [-0.2, -0.15) is 0 Å². The van der Waals surface area contributed by atoms with Gasteiger partial charge in [0.05, 0.1) is 19.6 Å². The third-order valence-corrected chi connectivity index (χ3v) is 7.22. The number of nitrogens with zero attached hydrogens (tertiary/aromatic N) is 1. The van der Waals surface area contributed by atoms with E-state index in [1.807, 2.05) is 6.92 Å². The number of hydrogen-bond donors (Lipinski definition) is 1. The molecule has 0 aliphatic carbocycles. The van der Waals surface area contributed by atoms with Crippen molar-refractivity contribution in [3.8, 4) is 0 Å². The summed E-state index contributed by atoms with van der Waals surface area (Å²) in [6, 6.07) is 0. The van der Waals surface area contributed by atoms with Gasteiger partial charge in [0.15, 0.2) is 0 Å². The highest BCUT2D eigenvalue weighted by atomic mass is 16.4. The van der Waals surface area contributed by atoms with Crippen LogP contribution in [0.1, 0.15) is 164 Å². The molecule has 0 aliphatic heterocycles. The quantitative estimate of drug-likeness (QED) is 0.111. The maximum atomic E-state index is 10.3. The zero-order valence-electron chi connectivity index (χ0n) is 25.8. The lowest BCUT2D eigenvalue weighted by Gasteiger charge is -2.40. The summed E-state index contributed by atoms with van der Waals surface area (Å²) in [6.45, 7) is 18.5. The molecule has 1 atom stereocenters. The van der Waals surface area contributed by atoms with E-state index in [4.69, 9.17) is 0 Å². The summed E-state index contributed by atoms with van der Waals surface area (Å²) >= 11 is 0. The predicted octanol–water partition coefficient (Wildman–Crippen LogP) is 8.05. The predicted molar refractivity (Wildman–Crippen MR) is 156 cm³/mol. The number of carboxylic acid groups (broad SMARTS) is 1. The molecule has 0 heterocycles. The highest BCUT2D eigenvalue weighted by Crippen LogP contribution is 2.19. The van der Waals surface area contributed by atoms with E-state index in [-0.39, 0.29) is 6.10 Å². The van der Waals surface area contributed by atoms with Gasteiger partial charge in [-0.25, -0.2) is 0 Å². The van der Waals surface area contributed by atoms with Gasteiger partial charge >= 0.3 is 0 Å². The number of aliphatic hydroxyl groups excluding tert-OH is 1. The molecule has 0 amide bonds. The van der Waals surface area contributed by atoms with Gasteiger partial charge < -0.3 is 19.5 Å². The number of quaternary nitrogens is 1. The largest absolute Gasteiger partial charge is 0.550 e. The molecule has 0 saturated carbocycles. The Kier molecular flexibility index (Phi) is 25.8. The zero-order chi connectivity index (χ0) is 27.7. The van der Waals surface area contributed by atoms with Gasteiger partial charge in [-0.05, 0) is 45.4 Å². The number of aliphatic carboxylic acids is 1. The van der Waals surface area contributed by atoms with Crippen LogP contribution >= 0.6 is 0 Å². The van der Waals surface area contributed by atoms with Crippen molar-refractivity contribution in [2.75, 3.05) is 26.2 Å². The molecule has 0 spiro atoms. The monoisotopic (exact) mass is 514 g/mol. The van der Waals surface area contributed by atoms with Crippen molar-refractivity contribution < 1.29 is 19.5 Å². The maximum absolute atomic E-state index is 10.3. The van der Waals surface area contributed by atoms with Crippen LogP contribution in [0.3, 0.4) is 0 Å². The Morgan fingerprint density at radius 3 is 1.11 bits per heavy atom. The average Bonchev–Trinajstić information content (AvgIpc) is 2.80. The van der Waals surface area contributed by atoms with Crippen LogP contribution in [0.4, 0.5) is 0 Å². The van der Waals surface area contributed by atoms with Crippen LogP contribution in [0, 0.1) is 5.41 Å². The van der Waals surface area contributed by atoms with Crippen LogP contribution in [0.15, 0.2) is 0 Å². The molecule has 36 heavy (non-hydrogen) atoms. The first-order valence-corrected chi connectivity index (χ1v) is 15.8. The first kappa shape index (κ1) is 37.5. The van der Waals surface area contributed by atoms with E-state index in [2.05, 4.69) is 20.8 Å². The van der Waals surface area contributed by atoms with E-state index in [1.54, 1.807) is 20.8 Å². The molecular weight excluding hydrogens is 446 g/mol. The highest BCUT2D eigenvalue weighted by molar-refractivity contribution is 5.70. The average molecular weight is 514 g/mol. The highest BCUT2D eigenvalue weighted by Gasteiger charge is 2.28. The smallest absolute Gasteiger partial charge is 0.105 e. The minimum Gasteiger partial charge on any atom is -0.550 e. The normalized spacial score (nSPS) is 12.8. The molecule has 1 unspecified atom stereocenters. The molecule has 4 nitrogen and oxygen atoms in total. The van der Waals surface area contributed by atoms with Crippen molar-refractivity contribution in [2.24, 2.45) is 5.41 Å². The van der Waals surface area contributed by atoms with Crippen molar-refractivity contribution in [1.29, 1.82) is 0 Å². The second-order valence-electron chi connectivity index (χ2n) is 12.4. The Hall–Kier alpha value is -0.610. The molecule has 0 aliphatic rings. The van der Waals surface area contributed by atoms with Gasteiger partial charge in [0, 0.05) is 11.4 Å². The Balaban J connectivity index is 0. The third kappa shape index (κ3) is 25.1. The molecule has 0 aromatic heterocycles. The van der Waals surface area contributed by atoms with Crippen LogP contribution < -0.4 is 5.11 Å². The van der Waals surface area contributed by atoms with Gasteiger partial charge in [-0.15, -0.1) is 0 Å². The van der Waals surface area contributed by atoms with Crippen LogP contribution in [-0.2, 0) is 4.79 Å². The van der Waals surface area contributed by atoms with Crippen LogP contribution in [0.2, 0.25) is 0 Å². The second kappa shape index (κ2) is 24.7. The standard InChI is InChI=1S/C27H58NO.C5H10O2/c1-5-8-11-14-17-20-23-28(26-27(4)29,24-21-18-15-12-9-6-2)25-22-19-16-13-10-7-3;1-5(2,3)4(6)7/h27,29H,5-26H2,1-4H3;1-3H3,(H,6,7)/q+1;/p-1.